The molecule has 1 N–H and O–H groups in total. The van der Waals surface area contributed by atoms with Gasteiger partial charge in [0.05, 0.1) is 12.1 Å². The zero-order valence-electron chi connectivity index (χ0n) is 8.95. The van der Waals surface area contributed by atoms with Crippen LogP contribution in [0.1, 0.15) is 0 Å². The van der Waals surface area contributed by atoms with Gasteiger partial charge in [-0.2, -0.15) is 0 Å². The van der Waals surface area contributed by atoms with Gasteiger partial charge in [-0.15, -0.1) is 11.3 Å². The molecule has 84 valence electrons. The first kappa shape index (κ1) is 11.2. The lowest BCUT2D eigenvalue weighted by Gasteiger charge is -2.03. The van der Waals surface area contributed by atoms with Gasteiger partial charge in [-0.3, -0.25) is 0 Å². The van der Waals surface area contributed by atoms with E-state index < -0.39 is 0 Å². The Kier molecular flexibility index (Phi) is 3.31. The van der Waals surface area contributed by atoms with Crippen LogP contribution in [0.25, 0.3) is 10.6 Å². The molecule has 0 fully saturated rings. The highest BCUT2D eigenvalue weighted by Gasteiger charge is 2.07. The third-order valence-corrected chi connectivity index (χ3v) is 3.35. The fourth-order valence-electron chi connectivity index (χ4n) is 1.32. The molecule has 2 aromatic rings. The second kappa shape index (κ2) is 4.72. The van der Waals surface area contributed by atoms with Gasteiger partial charge < -0.3 is 10.1 Å². The van der Waals surface area contributed by atoms with Gasteiger partial charge in [0.25, 0.3) is 0 Å². The summed E-state index contributed by atoms with van der Waals surface area (Å²) in [4.78, 5) is 4.40. The van der Waals surface area contributed by atoms with Crippen LogP contribution in [0.3, 0.4) is 0 Å². The number of thiazole rings is 1. The largest absolute Gasteiger partial charge is 0.495 e. The number of nitrogens with zero attached hydrogens (tertiary/aromatic N) is 1. The predicted molar refractivity (Wildman–Crippen MR) is 68.7 cm³/mol. The standard InChI is InChI=1S/C11H11ClN2OS/c1-13-10-6-16-11(14-10)7-3-4-9(15-2)8(12)5-7/h3-6,13H,1-2H3. The zero-order chi connectivity index (χ0) is 11.5. The minimum atomic E-state index is 0.598. The molecule has 0 unspecified atom stereocenters. The number of ether oxygens (including phenoxy) is 1. The number of aromatic nitrogens is 1. The molecular formula is C11H11ClN2OS. The van der Waals surface area contributed by atoms with Gasteiger partial charge >= 0.3 is 0 Å². The van der Waals surface area contributed by atoms with E-state index in [1.54, 1.807) is 18.4 Å². The molecule has 3 nitrogen and oxygen atoms in total. The number of anilines is 1. The molecule has 1 aromatic carbocycles. The van der Waals surface area contributed by atoms with Crippen molar-refractivity contribution in [3.63, 3.8) is 0 Å². The first-order valence-corrected chi connectivity index (χ1v) is 5.97. The molecule has 0 saturated carbocycles. The minimum Gasteiger partial charge on any atom is -0.495 e. The van der Waals surface area contributed by atoms with Crippen LogP contribution in [0.5, 0.6) is 5.75 Å². The fraction of sp³-hybridized carbons (Fsp3) is 0.182. The molecule has 16 heavy (non-hydrogen) atoms. The summed E-state index contributed by atoms with van der Waals surface area (Å²) in [5.74, 6) is 1.54. The van der Waals surface area contributed by atoms with Crippen molar-refractivity contribution in [2.24, 2.45) is 0 Å². The highest BCUT2D eigenvalue weighted by atomic mass is 35.5. The van der Waals surface area contributed by atoms with Crippen molar-refractivity contribution >= 4 is 28.8 Å². The van der Waals surface area contributed by atoms with E-state index in [-0.39, 0.29) is 0 Å². The minimum absolute atomic E-state index is 0.598. The average molecular weight is 255 g/mol. The summed E-state index contributed by atoms with van der Waals surface area (Å²) in [6.07, 6.45) is 0. The van der Waals surface area contributed by atoms with Crippen LogP contribution in [0.15, 0.2) is 23.6 Å². The molecule has 1 aromatic heterocycles. The number of hydrogen-bond donors (Lipinski definition) is 1. The molecule has 0 spiro atoms. The third-order valence-electron chi connectivity index (χ3n) is 2.16. The van der Waals surface area contributed by atoms with E-state index in [2.05, 4.69) is 10.3 Å². The summed E-state index contributed by atoms with van der Waals surface area (Å²) in [6.45, 7) is 0. The molecule has 0 aliphatic heterocycles. The Balaban J connectivity index is 2.37. The van der Waals surface area contributed by atoms with E-state index in [0.717, 1.165) is 16.4 Å². The summed E-state index contributed by atoms with van der Waals surface area (Å²) in [6, 6.07) is 5.65. The monoisotopic (exact) mass is 254 g/mol. The van der Waals surface area contributed by atoms with E-state index in [1.165, 1.54) is 0 Å². The SMILES string of the molecule is CNc1csc(-c2ccc(OC)c(Cl)c2)n1. The maximum Gasteiger partial charge on any atom is 0.137 e. The number of benzene rings is 1. The Morgan fingerprint density at radius 2 is 2.25 bits per heavy atom. The number of rotatable bonds is 3. The van der Waals surface area contributed by atoms with Crippen LogP contribution in [0, 0.1) is 0 Å². The Morgan fingerprint density at radius 1 is 1.44 bits per heavy atom. The van der Waals surface area contributed by atoms with E-state index in [1.807, 2.05) is 30.6 Å². The summed E-state index contributed by atoms with van der Waals surface area (Å²) in [5, 5.41) is 6.50. The molecule has 0 amide bonds. The molecular weight excluding hydrogens is 244 g/mol. The smallest absolute Gasteiger partial charge is 0.137 e. The maximum atomic E-state index is 6.06. The first-order chi connectivity index (χ1) is 7.74. The van der Waals surface area contributed by atoms with Crippen molar-refractivity contribution in [2.75, 3.05) is 19.5 Å². The van der Waals surface area contributed by atoms with Gasteiger partial charge in [0.1, 0.15) is 16.6 Å². The molecule has 0 aliphatic rings. The van der Waals surface area contributed by atoms with E-state index in [9.17, 15) is 0 Å². The zero-order valence-corrected chi connectivity index (χ0v) is 10.5. The fourth-order valence-corrected chi connectivity index (χ4v) is 2.39. The van der Waals surface area contributed by atoms with Gasteiger partial charge in [0, 0.05) is 18.0 Å². The van der Waals surface area contributed by atoms with Crippen LogP contribution in [-0.2, 0) is 0 Å². The Morgan fingerprint density at radius 3 is 2.81 bits per heavy atom. The van der Waals surface area contributed by atoms with Gasteiger partial charge in [-0.25, -0.2) is 4.98 Å². The van der Waals surface area contributed by atoms with Crippen LogP contribution in [-0.4, -0.2) is 19.1 Å². The highest BCUT2D eigenvalue weighted by molar-refractivity contribution is 7.13. The van der Waals surface area contributed by atoms with Crippen molar-refractivity contribution in [1.29, 1.82) is 0 Å². The Labute approximate surface area is 103 Å². The third kappa shape index (κ3) is 2.13. The normalized spacial score (nSPS) is 10.2. The Hall–Kier alpha value is -1.26. The highest BCUT2D eigenvalue weighted by Crippen LogP contribution is 2.32. The van der Waals surface area contributed by atoms with Gasteiger partial charge in [-0.05, 0) is 18.2 Å². The van der Waals surface area contributed by atoms with Crippen molar-refractivity contribution < 1.29 is 4.74 Å². The van der Waals surface area contributed by atoms with Crippen molar-refractivity contribution in [3.05, 3.63) is 28.6 Å². The van der Waals surface area contributed by atoms with E-state index in [0.29, 0.717) is 10.8 Å². The predicted octanol–water partition coefficient (Wildman–Crippen LogP) is 3.51. The molecule has 2 rings (SSSR count). The average Bonchev–Trinajstić information content (AvgIpc) is 2.77. The topological polar surface area (TPSA) is 34.1 Å². The Bertz CT molecular complexity index is 498. The quantitative estimate of drug-likeness (QED) is 0.910. The van der Waals surface area contributed by atoms with Crippen LogP contribution in [0.2, 0.25) is 5.02 Å². The molecule has 0 aliphatic carbocycles. The second-order valence-electron chi connectivity index (χ2n) is 3.14. The number of nitrogens with one attached hydrogen (secondary N) is 1. The molecule has 0 bridgehead atoms. The van der Waals surface area contributed by atoms with Gasteiger partial charge in [0.15, 0.2) is 0 Å². The molecule has 0 radical (unpaired) electrons. The van der Waals surface area contributed by atoms with Crippen molar-refractivity contribution in [1.82, 2.24) is 4.98 Å². The number of halogens is 1. The van der Waals surface area contributed by atoms with Crippen LogP contribution >= 0.6 is 22.9 Å². The van der Waals surface area contributed by atoms with Gasteiger partial charge in [0.2, 0.25) is 0 Å². The number of hydrogen-bond acceptors (Lipinski definition) is 4. The lowest BCUT2D eigenvalue weighted by Crippen LogP contribution is -1.87. The van der Waals surface area contributed by atoms with Crippen molar-refractivity contribution in [3.8, 4) is 16.3 Å². The first-order valence-electron chi connectivity index (χ1n) is 4.72. The summed E-state index contributed by atoms with van der Waals surface area (Å²) >= 11 is 7.63. The van der Waals surface area contributed by atoms with Gasteiger partial charge in [-0.1, -0.05) is 11.6 Å². The molecule has 0 atom stereocenters. The van der Waals surface area contributed by atoms with E-state index in [4.69, 9.17) is 16.3 Å². The van der Waals surface area contributed by atoms with Crippen LogP contribution < -0.4 is 10.1 Å². The van der Waals surface area contributed by atoms with Crippen LogP contribution in [0.4, 0.5) is 5.82 Å². The van der Waals surface area contributed by atoms with E-state index >= 15 is 0 Å². The second-order valence-corrected chi connectivity index (χ2v) is 4.40. The van der Waals surface area contributed by atoms with Crippen molar-refractivity contribution in [2.45, 2.75) is 0 Å². The lowest BCUT2D eigenvalue weighted by molar-refractivity contribution is 0.415. The summed E-state index contributed by atoms with van der Waals surface area (Å²) in [5.41, 5.74) is 0.998. The molecule has 5 heteroatoms. The maximum absolute atomic E-state index is 6.06. The molecule has 0 saturated heterocycles. The summed E-state index contributed by atoms with van der Waals surface area (Å²) in [7, 11) is 3.45. The lowest BCUT2D eigenvalue weighted by atomic mass is 10.2. The molecule has 1 heterocycles. The summed E-state index contributed by atoms with van der Waals surface area (Å²) < 4.78 is 5.10. The number of methoxy groups -OCH3 is 1.